The normalized spacial score (nSPS) is 12.8. The van der Waals surface area contributed by atoms with Crippen LogP contribution < -0.4 is 5.73 Å². The molecule has 0 atom stereocenters. The lowest BCUT2D eigenvalue weighted by Gasteiger charge is -2.11. The first-order valence-electron chi connectivity index (χ1n) is 10.2. The van der Waals surface area contributed by atoms with E-state index in [1.807, 2.05) is 13.8 Å². The van der Waals surface area contributed by atoms with Crippen LogP contribution in [0.2, 0.25) is 0 Å². The van der Waals surface area contributed by atoms with Crippen LogP contribution >= 0.6 is 23.1 Å². The summed E-state index contributed by atoms with van der Waals surface area (Å²) >= 11 is 2.89. The fourth-order valence-corrected chi connectivity index (χ4v) is 5.66. The van der Waals surface area contributed by atoms with Gasteiger partial charge in [0, 0.05) is 33.5 Å². The number of carbonyl (C=O) groups is 1. The third-order valence-electron chi connectivity index (χ3n) is 4.46. The minimum absolute atomic E-state index is 0.194. The maximum Gasteiger partial charge on any atom is 0.355 e. The van der Waals surface area contributed by atoms with Gasteiger partial charge in [-0.25, -0.2) is 19.2 Å². The molecule has 2 heterocycles. The number of aryl methyl sites for hydroxylation is 2. The van der Waals surface area contributed by atoms with Gasteiger partial charge in [0.05, 0.1) is 9.90 Å². The third-order valence-corrected chi connectivity index (χ3v) is 6.62. The number of aliphatic carboxylic acids is 1. The molecule has 0 saturated carbocycles. The van der Waals surface area contributed by atoms with Gasteiger partial charge < -0.3 is 10.8 Å². The molecule has 2 aromatic heterocycles. The molecule has 3 rings (SSSR count). The third kappa shape index (κ3) is 6.06. The number of nitrogens with zero attached hydrogens (tertiary/aromatic N) is 3. The van der Waals surface area contributed by atoms with E-state index in [0.717, 1.165) is 21.2 Å². The number of thioether (sulfide) groups is 1. The molecule has 0 aliphatic heterocycles. The zero-order chi connectivity index (χ0) is 24.3. The Balaban J connectivity index is 2.17. The molecule has 0 radical (unpaired) electrons. The number of allylic oxidation sites excluding steroid dienone is 1. The molecule has 33 heavy (non-hydrogen) atoms. The van der Waals surface area contributed by atoms with Crippen molar-refractivity contribution in [1.29, 1.82) is 0 Å². The van der Waals surface area contributed by atoms with Gasteiger partial charge in [-0.2, -0.15) is 0 Å². The number of nitrogens with two attached hydrogens (primary N) is 1. The van der Waals surface area contributed by atoms with Gasteiger partial charge in [0.25, 0.3) is 0 Å². The highest BCUT2D eigenvalue weighted by molar-refractivity contribution is 8.01. The maximum atomic E-state index is 13.4. The number of hydrogen-bond donors (Lipinski definition) is 2. The van der Waals surface area contributed by atoms with E-state index >= 15 is 0 Å². The first-order valence-corrected chi connectivity index (χ1v) is 11.9. The minimum atomic E-state index is -1.21. The smallest absolute Gasteiger partial charge is 0.355 e. The van der Waals surface area contributed by atoms with Crippen molar-refractivity contribution in [2.24, 2.45) is 10.7 Å². The van der Waals surface area contributed by atoms with Crippen LogP contribution in [-0.4, -0.2) is 32.0 Å². The number of benzene rings is 1. The molecule has 0 unspecified atom stereocenters. The second-order valence-electron chi connectivity index (χ2n) is 7.77. The number of hydrogen-bond acceptors (Lipinski definition) is 7. The Morgan fingerprint density at radius 2 is 1.76 bits per heavy atom. The standard InChI is InChI=1S/C24H25FN4O2S2/c1-12(2)32-23-20(16-6-8-18(25)9-7-16)28-24(33-23)29-21(22(30)31)19(15(5)26)17-10-13(3)27-14(4)11-17/h6-12H,26H2,1-5H3,(H,30,31). The van der Waals surface area contributed by atoms with E-state index < -0.39 is 5.97 Å². The molecular weight excluding hydrogens is 459 g/mol. The largest absolute Gasteiger partial charge is 0.476 e. The van der Waals surface area contributed by atoms with Crippen molar-refractivity contribution in [3.05, 3.63) is 64.9 Å². The average Bonchev–Trinajstić information content (AvgIpc) is 3.08. The van der Waals surface area contributed by atoms with Crippen molar-refractivity contribution in [3.63, 3.8) is 0 Å². The summed E-state index contributed by atoms with van der Waals surface area (Å²) in [5.74, 6) is -1.55. The topological polar surface area (TPSA) is 101 Å². The van der Waals surface area contributed by atoms with Crippen molar-refractivity contribution < 1.29 is 14.3 Å². The summed E-state index contributed by atoms with van der Waals surface area (Å²) in [4.78, 5) is 25.7. The van der Waals surface area contributed by atoms with E-state index in [2.05, 4.69) is 28.8 Å². The molecule has 0 aliphatic carbocycles. The summed E-state index contributed by atoms with van der Waals surface area (Å²) in [6.45, 7) is 9.42. The molecule has 0 fully saturated rings. The molecule has 0 amide bonds. The summed E-state index contributed by atoms with van der Waals surface area (Å²) in [6, 6.07) is 9.61. The Morgan fingerprint density at radius 1 is 1.15 bits per heavy atom. The van der Waals surface area contributed by atoms with Crippen molar-refractivity contribution in [2.45, 2.75) is 44.1 Å². The van der Waals surface area contributed by atoms with E-state index in [0.29, 0.717) is 22.5 Å². The zero-order valence-electron chi connectivity index (χ0n) is 19.0. The second-order valence-corrected chi connectivity index (χ2v) is 10.6. The molecule has 6 nitrogen and oxygen atoms in total. The predicted molar refractivity (Wildman–Crippen MR) is 134 cm³/mol. The molecule has 3 aromatic rings. The molecule has 9 heteroatoms. The molecule has 0 saturated heterocycles. The van der Waals surface area contributed by atoms with E-state index in [-0.39, 0.29) is 21.9 Å². The van der Waals surface area contributed by atoms with E-state index in [9.17, 15) is 14.3 Å². The Labute approximate surface area is 200 Å². The van der Waals surface area contributed by atoms with Crippen LogP contribution in [-0.2, 0) is 4.79 Å². The average molecular weight is 485 g/mol. The minimum Gasteiger partial charge on any atom is -0.476 e. The van der Waals surface area contributed by atoms with Gasteiger partial charge in [0.1, 0.15) is 5.82 Å². The number of aliphatic imine (C=N–C) groups is 1. The van der Waals surface area contributed by atoms with Crippen LogP contribution in [0.25, 0.3) is 16.8 Å². The lowest BCUT2D eigenvalue weighted by atomic mass is 9.98. The number of carboxylic acids is 1. The zero-order valence-corrected chi connectivity index (χ0v) is 20.6. The van der Waals surface area contributed by atoms with Gasteiger partial charge in [-0.1, -0.05) is 25.2 Å². The summed E-state index contributed by atoms with van der Waals surface area (Å²) < 4.78 is 14.3. The lowest BCUT2D eigenvalue weighted by Crippen LogP contribution is -2.18. The summed E-state index contributed by atoms with van der Waals surface area (Å²) in [7, 11) is 0. The van der Waals surface area contributed by atoms with Crippen LogP contribution in [0.5, 0.6) is 0 Å². The van der Waals surface area contributed by atoms with Crippen LogP contribution in [0.4, 0.5) is 9.52 Å². The van der Waals surface area contributed by atoms with Gasteiger partial charge in [-0.3, -0.25) is 4.98 Å². The highest BCUT2D eigenvalue weighted by atomic mass is 32.2. The van der Waals surface area contributed by atoms with E-state index in [1.54, 1.807) is 43.0 Å². The van der Waals surface area contributed by atoms with E-state index in [1.165, 1.54) is 23.5 Å². The SMILES string of the molecule is CC(N)=C(C(=Nc1nc(-c2ccc(F)cc2)c(SC(C)C)s1)C(=O)O)c1cc(C)nc(C)c1. The molecular formula is C24H25FN4O2S2. The predicted octanol–water partition coefficient (Wildman–Crippen LogP) is 6.01. The van der Waals surface area contributed by atoms with Crippen molar-refractivity contribution in [2.75, 3.05) is 0 Å². The van der Waals surface area contributed by atoms with Gasteiger partial charge in [0.15, 0.2) is 5.71 Å². The van der Waals surface area contributed by atoms with Crippen LogP contribution in [0.15, 0.2) is 51.3 Å². The Bertz CT molecular complexity index is 1220. The molecule has 3 N–H and O–H groups in total. The summed E-state index contributed by atoms with van der Waals surface area (Å²) in [6.07, 6.45) is 0. The lowest BCUT2D eigenvalue weighted by molar-refractivity contribution is -0.129. The van der Waals surface area contributed by atoms with E-state index in [4.69, 9.17) is 5.73 Å². The molecule has 0 aliphatic rings. The van der Waals surface area contributed by atoms with Gasteiger partial charge >= 0.3 is 5.97 Å². The van der Waals surface area contributed by atoms with Crippen LogP contribution in [0.1, 0.15) is 37.7 Å². The highest BCUT2D eigenvalue weighted by Crippen LogP contribution is 2.41. The molecule has 0 spiro atoms. The van der Waals surface area contributed by atoms with Gasteiger partial charge in [-0.15, -0.1) is 11.8 Å². The fourth-order valence-electron chi connectivity index (χ4n) is 3.26. The Hall–Kier alpha value is -3.04. The van der Waals surface area contributed by atoms with Crippen molar-refractivity contribution >= 4 is 45.5 Å². The Morgan fingerprint density at radius 3 is 2.27 bits per heavy atom. The number of aromatic nitrogens is 2. The molecule has 0 bridgehead atoms. The summed E-state index contributed by atoms with van der Waals surface area (Å²) in [5.41, 5.74) is 10.1. The number of pyridine rings is 1. The molecule has 172 valence electrons. The quantitative estimate of drug-likeness (QED) is 0.315. The highest BCUT2D eigenvalue weighted by Gasteiger charge is 2.23. The number of rotatable bonds is 7. The number of thiazole rings is 1. The maximum absolute atomic E-state index is 13.4. The number of carboxylic acid groups (broad SMARTS) is 1. The van der Waals surface area contributed by atoms with Crippen LogP contribution in [0, 0.1) is 19.7 Å². The van der Waals surface area contributed by atoms with Crippen molar-refractivity contribution in [3.8, 4) is 11.3 Å². The Kier molecular flexibility index (Phi) is 7.65. The van der Waals surface area contributed by atoms with Gasteiger partial charge in [0.2, 0.25) is 5.13 Å². The monoisotopic (exact) mass is 484 g/mol. The van der Waals surface area contributed by atoms with Gasteiger partial charge in [-0.05, 0) is 62.7 Å². The first kappa shape index (κ1) is 24.6. The van der Waals surface area contributed by atoms with Crippen molar-refractivity contribution in [1.82, 2.24) is 9.97 Å². The fraction of sp³-hybridized carbons (Fsp3) is 0.250. The first-order chi connectivity index (χ1) is 15.5. The van der Waals surface area contributed by atoms with Crippen LogP contribution in [0.3, 0.4) is 0 Å². The number of halogens is 1. The second kappa shape index (κ2) is 10.3. The summed E-state index contributed by atoms with van der Waals surface area (Å²) in [5, 5.41) is 10.6. The molecule has 1 aromatic carbocycles.